The van der Waals surface area contributed by atoms with Crippen LogP contribution in [0.5, 0.6) is 0 Å². The van der Waals surface area contributed by atoms with Gasteiger partial charge in [-0.2, -0.15) is 13.2 Å². The number of nitrogens with one attached hydrogen (secondary N) is 2. The first-order valence-corrected chi connectivity index (χ1v) is 8.49. The summed E-state index contributed by atoms with van der Waals surface area (Å²) in [7, 11) is -2.25. The van der Waals surface area contributed by atoms with E-state index in [-0.39, 0.29) is 41.3 Å². The predicted molar refractivity (Wildman–Crippen MR) is 74.6 cm³/mol. The number of hydrogen-bond donors (Lipinski definition) is 2. The van der Waals surface area contributed by atoms with Crippen molar-refractivity contribution in [2.75, 3.05) is 19.3 Å². The van der Waals surface area contributed by atoms with E-state index in [0.717, 1.165) is 0 Å². The fraction of sp³-hybridized carbons (Fsp3) is 0.636. The molecule has 0 unspecified atom stereocenters. The number of furan rings is 1. The Labute approximate surface area is 125 Å². The van der Waals surface area contributed by atoms with Gasteiger partial charge in [0.1, 0.15) is 16.4 Å². The van der Waals surface area contributed by atoms with Crippen molar-refractivity contribution in [2.24, 2.45) is 0 Å². The number of rotatable bonds is 7. The van der Waals surface area contributed by atoms with Gasteiger partial charge in [-0.1, -0.05) is 0 Å². The maximum atomic E-state index is 12.2. The van der Waals surface area contributed by atoms with Crippen LogP contribution in [0.15, 0.2) is 9.31 Å². The molecule has 0 radical (unpaired) electrons. The number of halogens is 3. The maximum Gasteiger partial charge on any atom is 0.441 e. The Morgan fingerprint density at radius 2 is 1.86 bits per heavy atom. The molecule has 1 heterocycles. The van der Waals surface area contributed by atoms with Crippen molar-refractivity contribution in [3.63, 3.8) is 0 Å². The molecule has 0 bridgehead atoms. The molecule has 5 nitrogen and oxygen atoms in total. The van der Waals surface area contributed by atoms with Gasteiger partial charge in [-0.15, -0.1) is 0 Å². The Kier molecular flexibility index (Phi) is 6.14. The van der Waals surface area contributed by atoms with E-state index in [4.69, 9.17) is 4.42 Å². The molecule has 1 rings (SSSR count). The second kappa shape index (κ2) is 7.03. The molecule has 21 heavy (non-hydrogen) atoms. The van der Waals surface area contributed by atoms with Crippen molar-refractivity contribution in [2.45, 2.75) is 30.8 Å². The molecule has 0 spiro atoms. The van der Waals surface area contributed by atoms with Gasteiger partial charge in [-0.05, 0) is 32.7 Å². The molecule has 0 aliphatic rings. The highest BCUT2D eigenvalue weighted by atomic mass is 32.2. The van der Waals surface area contributed by atoms with Crippen LogP contribution in [-0.4, -0.2) is 33.3 Å². The lowest BCUT2D eigenvalue weighted by Crippen LogP contribution is -2.28. The van der Waals surface area contributed by atoms with Crippen LogP contribution in [0.2, 0.25) is 0 Å². The average molecular weight is 346 g/mol. The minimum atomic E-state index is -4.37. The topological polar surface area (TPSA) is 71.3 Å². The molecule has 1 aromatic rings. The maximum absolute atomic E-state index is 12.2. The second-order valence-corrected chi connectivity index (χ2v) is 7.11. The highest BCUT2D eigenvalue weighted by molar-refractivity contribution is 8.00. The SMILES string of the molecule is CNCc1c(C)oc(C)c1S(=O)(=O)NCCSC(F)(F)F. The molecule has 0 aromatic carbocycles. The number of hydrogen-bond acceptors (Lipinski definition) is 5. The zero-order valence-electron chi connectivity index (χ0n) is 11.8. The summed E-state index contributed by atoms with van der Waals surface area (Å²) in [5.41, 5.74) is -3.89. The third kappa shape index (κ3) is 5.20. The molecule has 0 amide bonds. The van der Waals surface area contributed by atoms with Crippen molar-refractivity contribution in [1.82, 2.24) is 10.0 Å². The minimum absolute atomic E-state index is 0.00800. The van der Waals surface area contributed by atoms with Gasteiger partial charge < -0.3 is 9.73 Å². The predicted octanol–water partition coefficient (Wildman–Crippen LogP) is 2.15. The molecule has 1 aromatic heterocycles. The summed E-state index contributed by atoms with van der Waals surface area (Å²) in [5, 5.41) is 2.83. The van der Waals surface area contributed by atoms with Gasteiger partial charge >= 0.3 is 5.51 Å². The lowest BCUT2D eigenvalue weighted by atomic mass is 10.2. The lowest BCUT2D eigenvalue weighted by Gasteiger charge is -2.09. The first kappa shape index (κ1) is 18.3. The summed E-state index contributed by atoms with van der Waals surface area (Å²) in [6.45, 7) is 3.12. The van der Waals surface area contributed by atoms with Gasteiger partial charge in [0.2, 0.25) is 10.0 Å². The molecule has 0 aliphatic carbocycles. The zero-order valence-corrected chi connectivity index (χ0v) is 13.4. The normalized spacial score (nSPS) is 12.9. The lowest BCUT2D eigenvalue weighted by molar-refractivity contribution is -0.0327. The Balaban J connectivity index is 2.84. The quantitative estimate of drug-likeness (QED) is 0.740. The Hall–Kier alpha value is -0.710. The van der Waals surface area contributed by atoms with E-state index in [1.54, 1.807) is 14.0 Å². The monoisotopic (exact) mass is 346 g/mol. The molecule has 0 fully saturated rings. The molecule has 10 heteroatoms. The number of aryl methyl sites for hydroxylation is 2. The molecule has 0 aliphatic heterocycles. The molecule has 0 saturated carbocycles. The highest BCUT2D eigenvalue weighted by Crippen LogP contribution is 2.30. The van der Waals surface area contributed by atoms with Gasteiger partial charge in [0, 0.05) is 24.4 Å². The summed E-state index contributed by atoms with van der Waals surface area (Å²) in [5.74, 6) is 0.292. The highest BCUT2D eigenvalue weighted by Gasteiger charge is 2.29. The third-order valence-electron chi connectivity index (χ3n) is 2.61. The first-order valence-electron chi connectivity index (χ1n) is 6.02. The van der Waals surface area contributed by atoms with E-state index >= 15 is 0 Å². The number of thioether (sulfide) groups is 1. The Morgan fingerprint density at radius 1 is 1.24 bits per heavy atom. The molecule has 122 valence electrons. The van der Waals surface area contributed by atoms with Gasteiger partial charge in [0.25, 0.3) is 0 Å². The van der Waals surface area contributed by atoms with Crippen LogP contribution in [0, 0.1) is 13.8 Å². The zero-order chi connectivity index (χ0) is 16.3. The summed E-state index contributed by atoms with van der Waals surface area (Å²) >= 11 is -0.269. The van der Waals surface area contributed by atoms with Crippen LogP contribution in [0.4, 0.5) is 13.2 Å². The summed E-state index contributed by atoms with van der Waals surface area (Å²) in [6.07, 6.45) is 0. The molecule has 0 saturated heterocycles. The molecular weight excluding hydrogens is 329 g/mol. The van der Waals surface area contributed by atoms with Crippen LogP contribution < -0.4 is 10.0 Å². The van der Waals surface area contributed by atoms with Crippen molar-refractivity contribution < 1.29 is 26.0 Å². The largest absolute Gasteiger partial charge is 0.465 e. The number of sulfonamides is 1. The Morgan fingerprint density at radius 3 is 2.38 bits per heavy atom. The number of alkyl halides is 3. The van der Waals surface area contributed by atoms with Gasteiger partial charge in [0.15, 0.2) is 0 Å². The van der Waals surface area contributed by atoms with Gasteiger partial charge in [-0.25, -0.2) is 13.1 Å². The van der Waals surface area contributed by atoms with Crippen LogP contribution in [-0.2, 0) is 16.6 Å². The fourth-order valence-corrected chi connectivity index (χ4v) is 3.90. The third-order valence-corrected chi connectivity index (χ3v) is 5.00. The van der Waals surface area contributed by atoms with Crippen LogP contribution in [0.1, 0.15) is 17.1 Å². The van der Waals surface area contributed by atoms with Gasteiger partial charge in [-0.3, -0.25) is 0 Å². The van der Waals surface area contributed by atoms with E-state index in [1.807, 2.05) is 0 Å². The van der Waals surface area contributed by atoms with E-state index < -0.39 is 15.5 Å². The molecule has 0 atom stereocenters. The molecular formula is C11H17F3N2O3S2. The van der Waals surface area contributed by atoms with Crippen molar-refractivity contribution in [3.8, 4) is 0 Å². The van der Waals surface area contributed by atoms with E-state index in [0.29, 0.717) is 11.3 Å². The van der Waals surface area contributed by atoms with E-state index in [2.05, 4.69) is 10.0 Å². The van der Waals surface area contributed by atoms with E-state index in [9.17, 15) is 21.6 Å². The minimum Gasteiger partial charge on any atom is -0.465 e. The van der Waals surface area contributed by atoms with E-state index in [1.165, 1.54) is 6.92 Å². The average Bonchev–Trinajstić information content (AvgIpc) is 2.60. The standard InChI is InChI=1S/C11H17F3N2O3S2/c1-7-9(6-15-3)10(8(2)19-7)21(17,18)16-4-5-20-11(12,13)14/h15-16H,4-6H2,1-3H3. The van der Waals surface area contributed by atoms with Crippen molar-refractivity contribution in [3.05, 3.63) is 17.1 Å². The fourth-order valence-electron chi connectivity index (χ4n) is 1.86. The Bertz CT molecular complexity index is 582. The van der Waals surface area contributed by atoms with Crippen molar-refractivity contribution >= 4 is 21.8 Å². The first-order chi connectivity index (χ1) is 9.58. The molecule has 2 N–H and O–H groups in total. The van der Waals surface area contributed by atoms with Crippen LogP contribution in [0.3, 0.4) is 0 Å². The van der Waals surface area contributed by atoms with Crippen LogP contribution in [0.25, 0.3) is 0 Å². The summed E-state index contributed by atoms with van der Waals surface area (Å²) < 4.78 is 67.8. The summed E-state index contributed by atoms with van der Waals surface area (Å²) in [6, 6.07) is 0. The summed E-state index contributed by atoms with van der Waals surface area (Å²) in [4.78, 5) is -0.00800. The van der Waals surface area contributed by atoms with Crippen molar-refractivity contribution in [1.29, 1.82) is 0 Å². The van der Waals surface area contributed by atoms with Gasteiger partial charge in [0.05, 0.1) is 0 Å². The van der Waals surface area contributed by atoms with Crippen LogP contribution >= 0.6 is 11.8 Å². The second-order valence-electron chi connectivity index (χ2n) is 4.24. The smallest absolute Gasteiger partial charge is 0.441 e.